The highest BCUT2D eigenvalue weighted by Gasteiger charge is 2.17. The maximum Gasteiger partial charge on any atom is 0.194 e. The molecule has 0 spiro atoms. The molecule has 5 heteroatoms. The van der Waals surface area contributed by atoms with Crippen molar-refractivity contribution in [1.29, 1.82) is 5.26 Å². The van der Waals surface area contributed by atoms with E-state index in [0.717, 1.165) is 5.71 Å². The van der Waals surface area contributed by atoms with Crippen LogP contribution < -0.4 is 0 Å². The first kappa shape index (κ1) is 11.8. The number of rotatable bonds is 4. The second kappa shape index (κ2) is 6.18. The quantitative estimate of drug-likeness (QED) is 0.689. The van der Waals surface area contributed by atoms with E-state index < -0.39 is 0 Å². The third-order valence-corrected chi connectivity index (χ3v) is 2.48. The van der Waals surface area contributed by atoms with Crippen LogP contribution in [-0.2, 0) is 14.3 Å². The molecule has 2 rings (SSSR count). The Bertz CT molecular complexity index is 376. The van der Waals surface area contributed by atoms with Crippen LogP contribution >= 0.6 is 0 Å². The van der Waals surface area contributed by atoms with Crippen LogP contribution in [0.1, 0.15) is 6.42 Å². The molecule has 1 fully saturated rings. The molecule has 1 aliphatic carbocycles. The highest BCUT2D eigenvalue weighted by molar-refractivity contribution is 5.99. The van der Waals surface area contributed by atoms with Crippen LogP contribution in [0.4, 0.5) is 0 Å². The molecule has 0 N–H and O–H groups in total. The Labute approximate surface area is 99.9 Å². The monoisotopic (exact) mass is 234 g/mol. The number of hydrogen-bond donors (Lipinski definition) is 0. The molecule has 0 saturated carbocycles. The molecular formula is C12H14N2O3. The van der Waals surface area contributed by atoms with E-state index in [1.807, 2.05) is 24.3 Å². The van der Waals surface area contributed by atoms with Gasteiger partial charge in [-0.2, -0.15) is 5.26 Å². The fourth-order valence-corrected chi connectivity index (χ4v) is 1.62. The molecule has 0 bridgehead atoms. The Morgan fingerprint density at radius 3 is 3.00 bits per heavy atom. The van der Waals surface area contributed by atoms with Crippen LogP contribution in [0.3, 0.4) is 0 Å². The fourth-order valence-electron chi connectivity index (χ4n) is 1.62. The van der Waals surface area contributed by atoms with E-state index in [1.165, 1.54) is 0 Å². The summed E-state index contributed by atoms with van der Waals surface area (Å²) in [6.07, 6.45) is 7.64. The summed E-state index contributed by atoms with van der Waals surface area (Å²) in [5, 5.41) is 12.7. The van der Waals surface area contributed by atoms with E-state index in [4.69, 9.17) is 19.6 Å². The predicted octanol–water partition coefficient (Wildman–Crippen LogP) is 1.39. The molecule has 0 aromatic carbocycles. The summed E-state index contributed by atoms with van der Waals surface area (Å²) in [5.41, 5.74) is 0.757. The van der Waals surface area contributed by atoms with Crippen molar-refractivity contribution in [3.8, 4) is 6.07 Å². The minimum atomic E-state index is -0.322. The van der Waals surface area contributed by atoms with Gasteiger partial charge in [-0.05, 0) is 6.08 Å². The van der Waals surface area contributed by atoms with Gasteiger partial charge < -0.3 is 14.3 Å². The third-order valence-electron chi connectivity index (χ3n) is 2.48. The second-order valence-electron chi connectivity index (χ2n) is 3.70. The van der Waals surface area contributed by atoms with Crippen LogP contribution in [0.5, 0.6) is 0 Å². The molecule has 0 radical (unpaired) electrons. The molecule has 90 valence electrons. The van der Waals surface area contributed by atoms with Gasteiger partial charge in [-0.1, -0.05) is 23.4 Å². The van der Waals surface area contributed by atoms with Gasteiger partial charge in [-0.3, -0.25) is 0 Å². The predicted molar refractivity (Wildman–Crippen MR) is 61.1 cm³/mol. The van der Waals surface area contributed by atoms with Crippen molar-refractivity contribution >= 4 is 5.71 Å². The molecule has 0 amide bonds. The zero-order valence-electron chi connectivity index (χ0n) is 9.41. The lowest BCUT2D eigenvalue weighted by molar-refractivity contribution is -0.0935. The highest BCUT2D eigenvalue weighted by atomic mass is 16.7. The average molecular weight is 234 g/mol. The van der Waals surface area contributed by atoms with Crippen LogP contribution in [0.25, 0.3) is 0 Å². The van der Waals surface area contributed by atoms with Gasteiger partial charge >= 0.3 is 0 Å². The molecule has 0 aromatic rings. The fraction of sp³-hybridized carbons (Fsp3) is 0.500. The molecule has 1 unspecified atom stereocenters. The number of hydrogen-bond acceptors (Lipinski definition) is 5. The van der Waals surface area contributed by atoms with Crippen molar-refractivity contribution in [2.45, 2.75) is 12.7 Å². The minimum absolute atomic E-state index is 0.00964. The largest absolute Gasteiger partial charge is 0.390 e. The van der Waals surface area contributed by atoms with Crippen molar-refractivity contribution in [2.75, 3.05) is 19.8 Å². The van der Waals surface area contributed by atoms with Crippen molar-refractivity contribution in [3.63, 3.8) is 0 Å². The van der Waals surface area contributed by atoms with Crippen molar-refractivity contribution in [1.82, 2.24) is 0 Å². The van der Waals surface area contributed by atoms with Crippen LogP contribution in [0.15, 0.2) is 29.5 Å². The van der Waals surface area contributed by atoms with Gasteiger partial charge in [0, 0.05) is 12.3 Å². The summed E-state index contributed by atoms with van der Waals surface area (Å²) in [6.45, 7) is 1.48. The summed E-state index contributed by atoms with van der Waals surface area (Å²) in [7, 11) is 0. The molecule has 1 heterocycles. The van der Waals surface area contributed by atoms with E-state index in [1.54, 1.807) is 0 Å². The van der Waals surface area contributed by atoms with Crippen LogP contribution in [0, 0.1) is 17.2 Å². The summed E-state index contributed by atoms with van der Waals surface area (Å²) < 4.78 is 10.4. The number of oxime groups is 1. The zero-order valence-corrected chi connectivity index (χ0v) is 9.41. The lowest BCUT2D eigenvalue weighted by atomic mass is 9.96. The van der Waals surface area contributed by atoms with E-state index in [0.29, 0.717) is 19.6 Å². The third kappa shape index (κ3) is 3.41. The topological polar surface area (TPSA) is 63.8 Å². The summed E-state index contributed by atoms with van der Waals surface area (Å²) in [5.74, 6) is 0.00964. The van der Waals surface area contributed by atoms with E-state index >= 15 is 0 Å². The first-order valence-electron chi connectivity index (χ1n) is 5.55. The Hall–Kier alpha value is -1.64. The van der Waals surface area contributed by atoms with E-state index in [9.17, 15) is 0 Å². The first-order chi connectivity index (χ1) is 8.40. The van der Waals surface area contributed by atoms with E-state index in [-0.39, 0.29) is 18.8 Å². The summed E-state index contributed by atoms with van der Waals surface area (Å²) in [6, 6.07) is 2.13. The van der Waals surface area contributed by atoms with Gasteiger partial charge in [0.15, 0.2) is 12.9 Å². The first-order valence-corrected chi connectivity index (χ1v) is 5.55. The maximum atomic E-state index is 8.69. The van der Waals surface area contributed by atoms with Crippen molar-refractivity contribution < 1.29 is 14.3 Å². The number of nitriles is 1. The smallest absolute Gasteiger partial charge is 0.194 e. The Balaban J connectivity index is 1.84. The van der Waals surface area contributed by atoms with Crippen molar-refractivity contribution in [2.24, 2.45) is 11.1 Å². The van der Waals surface area contributed by atoms with Gasteiger partial charge in [-0.25, -0.2) is 0 Å². The lowest BCUT2D eigenvalue weighted by Gasteiger charge is -2.12. The lowest BCUT2D eigenvalue weighted by Crippen LogP contribution is -2.17. The second-order valence-corrected chi connectivity index (χ2v) is 3.70. The molecule has 1 atom stereocenters. The van der Waals surface area contributed by atoms with E-state index in [2.05, 4.69) is 11.2 Å². The Morgan fingerprint density at radius 1 is 1.41 bits per heavy atom. The SMILES string of the molecule is N#CCC1C=CC=CC1=NOCC1OCCO1. The average Bonchev–Trinajstić information content (AvgIpc) is 2.85. The molecule has 17 heavy (non-hydrogen) atoms. The van der Waals surface area contributed by atoms with Gasteiger partial charge in [0.25, 0.3) is 0 Å². The summed E-state index contributed by atoms with van der Waals surface area (Å²) in [4.78, 5) is 5.18. The van der Waals surface area contributed by atoms with Crippen molar-refractivity contribution in [3.05, 3.63) is 24.3 Å². The highest BCUT2D eigenvalue weighted by Crippen LogP contribution is 2.14. The van der Waals surface area contributed by atoms with Crippen LogP contribution in [-0.4, -0.2) is 31.8 Å². The molecule has 5 nitrogen and oxygen atoms in total. The summed E-state index contributed by atoms with van der Waals surface area (Å²) >= 11 is 0. The molecule has 1 aliphatic heterocycles. The normalized spacial score (nSPS) is 26.3. The molecular weight excluding hydrogens is 220 g/mol. The Morgan fingerprint density at radius 2 is 2.24 bits per heavy atom. The molecule has 0 aromatic heterocycles. The van der Waals surface area contributed by atoms with Gasteiger partial charge in [0.05, 0.1) is 25.0 Å². The van der Waals surface area contributed by atoms with Gasteiger partial charge in [0.1, 0.15) is 0 Å². The number of nitrogens with zero attached hydrogens (tertiary/aromatic N) is 2. The minimum Gasteiger partial charge on any atom is -0.390 e. The standard InChI is InChI=1S/C12H14N2O3/c13-6-5-10-3-1-2-4-11(10)14-17-9-12-15-7-8-16-12/h1-4,10,12H,5,7-9H2. The van der Waals surface area contributed by atoms with Crippen LogP contribution in [0.2, 0.25) is 0 Å². The number of allylic oxidation sites excluding steroid dienone is 4. The Kier molecular flexibility index (Phi) is 4.30. The molecule has 2 aliphatic rings. The van der Waals surface area contributed by atoms with Gasteiger partial charge in [-0.15, -0.1) is 0 Å². The molecule has 1 saturated heterocycles. The zero-order chi connectivity index (χ0) is 11.9. The maximum absolute atomic E-state index is 8.69. The van der Waals surface area contributed by atoms with Gasteiger partial charge in [0.2, 0.25) is 0 Å². The number of ether oxygens (including phenoxy) is 2.